The lowest BCUT2D eigenvalue weighted by Gasteiger charge is -2.01. The Morgan fingerprint density at radius 3 is 2.84 bits per heavy atom. The highest BCUT2D eigenvalue weighted by atomic mass is 16.5. The average Bonchev–Trinajstić information content (AvgIpc) is 3.07. The number of aryl methyl sites for hydroxylation is 1. The van der Waals surface area contributed by atoms with Gasteiger partial charge in [0.25, 0.3) is 5.89 Å². The Kier molecular flexibility index (Phi) is 2.70. The molecule has 0 aliphatic heterocycles. The smallest absolute Gasteiger partial charge is 0.278 e. The lowest BCUT2D eigenvalue weighted by atomic mass is 10.0. The largest absolute Gasteiger partial charge is 0.461 e. The van der Waals surface area contributed by atoms with Crippen LogP contribution >= 0.6 is 0 Å². The van der Waals surface area contributed by atoms with Crippen molar-refractivity contribution in [3.8, 4) is 23.2 Å². The minimum absolute atomic E-state index is 0.336. The second-order valence-corrected chi connectivity index (χ2v) is 4.72. The van der Waals surface area contributed by atoms with Gasteiger partial charge in [0.1, 0.15) is 0 Å². The fraction of sp³-hybridized carbons (Fsp3) is 0.308. The predicted molar refractivity (Wildman–Crippen MR) is 68.4 cm³/mol. The number of rotatable bonds is 3. The molecule has 3 aromatic heterocycles. The molecule has 0 bridgehead atoms. The first-order chi connectivity index (χ1) is 9.15. The van der Waals surface area contributed by atoms with Crippen molar-refractivity contribution >= 4 is 0 Å². The van der Waals surface area contributed by atoms with E-state index in [0.29, 0.717) is 29.1 Å². The van der Waals surface area contributed by atoms with Crippen LogP contribution in [0.5, 0.6) is 0 Å². The molecular formula is C13H14N4O2. The Balaban J connectivity index is 1.99. The van der Waals surface area contributed by atoms with Gasteiger partial charge in [0.15, 0.2) is 11.5 Å². The van der Waals surface area contributed by atoms with Gasteiger partial charge >= 0.3 is 0 Å². The van der Waals surface area contributed by atoms with Gasteiger partial charge in [-0.05, 0) is 25.0 Å². The molecule has 0 aliphatic carbocycles. The summed E-state index contributed by atoms with van der Waals surface area (Å²) in [4.78, 5) is 4.33. The van der Waals surface area contributed by atoms with Gasteiger partial charge in [0, 0.05) is 11.3 Å². The molecule has 3 heterocycles. The lowest BCUT2D eigenvalue weighted by molar-refractivity contribution is 0.428. The van der Waals surface area contributed by atoms with Gasteiger partial charge in [0.2, 0.25) is 5.82 Å². The number of hydrogen-bond donors (Lipinski definition) is 1. The van der Waals surface area contributed by atoms with Crippen LogP contribution in [0.4, 0.5) is 0 Å². The SMILES string of the molecule is Cc1cc(-c2nc(-c3occc3C(C)C)no2)n[nH]1. The van der Waals surface area contributed by atoms with E-state index in [4.69, 9.17) is 8.94 Å². The molecule has 1 N–H and O–H groups in total. The maximum absolute atomic E-state index is 5.45. The summed E-state index contributed by atoms with van der Waals surface area (Å²) < 4.78 is 10.7. The zero-order valence-electron chi connectivity index (χ0n) is 11.0. The van der Waals surface area contributed by atoms with Crippen molar-refractivity contribution in [2.45, 2.75) is 26.7 Å². The number of H-pyrrole nitrogens is 1. The van der Waals surface area contributed by atoms with E-state index in [2.05, 4.69) is 34.2 Å². The van der Waals surface area contributed by atoms with Crippen LogP contribution in [-0.4, -0.2) is 20.3 Å². The van der Waals surface area contributed by atoms with E-state index in [0.717, 1.165) is 11.3 Å². The second-order valence-electron chi connectivity index (χ2n) is 4.72. The molecule has 0 aliphatic rings. The van der Waals surface area contributed by atoms with E-state index in [1.54, 1.807) is 6.26 Å². The molecule has 0 aromatic carbocycles. The normalized spacial score (nSPS) is 11.4. The lowest BCUT2D eigenvalue weighted by Crippen LogP contribution is -1.89. The molecule has 19 heavy (non-hydrogen) atoms. The first-order valence-electron chi connectivity index (χ1n) is 6.09. The first kappa shape index (κ1) is 11.7. The number of nitrogens with one attached hydrogen (secondary N) is 1. The van der Waals surface area contributed by atoms with Crippen LogP contribution in [0, 0.1) is 6.92 Å². The molecule has 0 amide bonds. The molecule has 0 unspecified atom stereocenters. The number of furan rings is 1. The van der Waals surface area contributed by atoms with Gasteiger partial charge in [-0.25, -0.2) is 0 Å². The summed E-state index contributed by atoms with van der Waals surface area (Å²) in [6.45, 7) is 6.09. The molecule has 6 heteroatoms. The van der Waals surface area contributed by atoms with Crippen molar-refractivity contribution in [2.75, 3.05) is 0 Å². The highest BCUT2D eigenvalue weighted by molar-refractivity contribution is 5.56. The van der Waals surface area contributed by atoms with E-state index in [-0.39, 0.29) is 0 Å². The zero-order valence-corrected chi connectivity index (χ0v) is 11.0. The van der Waals surface area contributed by atoms with Crippen molar-refractivity contribution in [3.63, 3.8) is 0 Å². The predicted octanol–water partition coefficient (Wildman–Crippen LogP) is 3.15. The zero-order chi connectivity index (χ0) is 13.4. The number of aromatic nitrogens is 4. The summed E-state index contributed by atoms with van der Waals surface area (Å²) in [6, 6.07) is 3.78. The minimum Gasteiger partial charge on any atom is -0.461 e. The Morgan fingerprint density at radius 1 is 1.32 bits per heavy atom. The van der Waals surface area contributed by atoms with E-state index in [1.807, 2.05) is 19.1 Å². The number of aromatic amines is 1. The summed E-state index contributed by atoms with van der Waals surface area (Å²) in [5, 5.41) is 10.9. The molecule has 0 atom stereocenters. The van der Waals surface area contributed by atoms with Gasteiger partial charge in [-0.15, -0.1) is 0 Å². The maximum Gasteiger partial charge on any atom is 0.278 e. The van der Waals surface area contributed by atoms with E-state index < -0.39 is 0 Å². The highest BCUT2D eigenvalue weighted by Gasteiger charge is 2.19. The van der Waals surface area contributed by atoms with Crippen molar-refractivity contribution < 1.29 is 8.94 Å². The van der Waals surface area contributed by atoms with E-state index in [9.17, 15) is 0 Å². The standard InChI is InChI=1S/C13H14N4O2/c1-7(2)9-4-5-18-11(9)12-14-13(19-17-12)10-6-8(3)15-16-10/h4-7H,1-3H3,(H,15,16). The molecule has 0 spiro atoms. The summed E-state index contributed by atoms with van der Waals surface area (Å²) >= 11 is 0. The topological polar surface area (TPSA) is 80.7 Å². The second kappa shape index (κ2) is 4.38. The molecule has 6 nitrogen and oxygen atoms in total. The first-order valence-corrected chi connectivity index (χ1v) is 6.09. The summed E-state index contributed by atoms with van der Waals surface area (Å²) in [6.07, 6.45) is 1.64. The van der Waals surface area contributed by atoms with Gasteiger partial charge in [-0.3, -0.25) is 5.10 Å². The van der Waals surface area contributed by atoms with Gasteiger partial charge in [-0.1, -0.05) is 19.0 Å². The van der Waals surface area contributed by atoms with Crippen LogP contribution in [0.15, 0.2) is 27.3 Å². The van der Waals surface area contributed by atoms with Crippen LogP contribution in [-0.2, 0) is 0 Å². The van der Waals surface area contributed by atoms with E-state index >= 15 is 0 Å². The number of nitrogens with zero attached hydrogens (tertiary/aromatic N) is 3. The third-order valence-corrected chi connectivity index (χ3v) is 2.87. The van der Waals surface area contributed by atoms with Gasteiger partial charge < -0.3 is 8.94 Å². The fourth-order valence-electron chi connectivity index (χ4n) is 1.90. The van der Waals surface area contributed by atoms with Crippen LogP contribution in [0.1, 0.15) is 31.0 Å². The Morgan fingerprint density at radius 2 is 2.16 bits per heavy atom. The quantitative estimate of drug-likeness (QED) is 0.780. The Bertz CT molecular complexity index is 693. The third kappa shape index (κ3) is 2.05. The van der Waals surface area contributed by atoms with E-state index in [1.165, 1.54) is 0 Å². The molecule has 3 aromatic rings. The summed E-state index contributed by atoms with van der Waals surface area (Å²) in [5.41, 5.74) is 2.63. The molecular weight excluding hydrogens is 244 g/mol. The van der Waals surface area contributed by atoms with Crippen LogP contribution < -0.4 is 0 Å². The highest BCUT2D eigenvalue weighted by Crippen LogP contribution is 2.29. The minimum atomic E-state index is 0.336. The number of hydrogen-bond acceptors (Lipinski definition) is 5. The molecule has 98 valence electrons. The van der Waals surface area contributed by atoms with Crippen LogP contribution in [0.3, 0.4) is 0 Å². The van der Waals surface area contributed by atoms with Crippen molar-refractivity contribution in [1.82, 2.24) is 20.3 Å². The van der Waals surface area contributed by atoms with Crippen molar-refractivity contribution in [1.29, 1.82) is 0 Å². The molecule has 0 fully saturated rings. The average molecular weight is 258 g/mol. The molecule has 0 saturated carbocycles. The summed E-state index contributed by atoms with van der Waals surface area (Å²) in [5.74, 6) is 1.82. The third-order valence-electron chi connectivity index (χ3n) is 2.87. The van der Waals surface area contributed by atoms with Crippen molar-refractivity contribution in [3.05, 3.63) is 29.7 Å². The molecule has 0 saturated heterocycles. The van der Waals surface area contributed by atoms with Gasteiger partial charge in [0.05, 0.1) is 6.26 Å². The summed E-state index contributed by atoms with van der Waals surface area (Å²) in [7, 11) is 0. The molecule has 0 radical (unpaired) electrons. The van der Waals surface area contributed by atoms with Crippen molar-refractivity contribution in [2.24, 2.45) is 0 Å². The monoisotopic (exact) mass is 258 g/mol. The van der Waals surface area contributed by atoms with Crippen LogP contribution in [0.25, 0.3) is 23.2 Å². The molecule has 3 rings (SSSR count). The Labute approximate surface area is 109 Å². The van der Waals surface area contributed by atoms with Crippen LogP contribution in [0.2, 0.25) is 0 Å². The van der Waals surface area contributed by atoms with Gasteiger partial charge in [-0.2, -0.15) is 10.1 Å². The fourth-order valence-corrected chi connectivity index (χ4v) is 1.90. The maximum atomic E-state index is 5.45. The Hall–Kier alpha value is -2.37.